The van der Waals surface area contributed by atoms with Gasteiger partial charge in [-0.1, -0.05) is 15.9 Å². The zero-order valence-corrected chi connectivity index (χ0v) is 13.8. The first-order valence-electron chi connectivity index (χ1n) is 6.65. The molecule has 1 aromatic carbocycles. The third-order valence-corrected chi connectivity index (χ3v) is 3.97. The number of benzene rings is 1. The normalized spacial score (nSPS) is 11.8. The molecule has 116 valence electrons. The van der Waals surface area contributed by atoms with E-state index >= 15 is 0 Å². The molecule has 0 fully saturated rings. The van der Waals surface area contributed by atoms with Crippen molar-refractivity contribution in [2.24, 2.45) is 0 Å². The van der Waals surface area contributed by atoms with E-state index in [0.717, 1.165) is 10.0 Å². The van der Waals surface area contributed by atoms with E-state index in [1.54, 1.807) is 13.0 Å². The molecule has 0 spiro atoms. The highest BCUT2D eigenvalue weighted by Gasteiger charge is 2.16. The molecule has 1 heterocycles. The number of rotatable bonds is 5. The van der Waals surface area contributed by atoms with E-state index in [4.69, 9.17) is 0 Å². The highest BCUT2D eigenvalue weighted by molar-refractivity contribution is 9.10. The molecule has 0 saturated heterocycles. The summed E-state index contributed by atoms with van der Waals surface area (Å²) in [6.07, 6.45) is 2.81. The zero-order valence-electron chi connectivity index (χ0n) is 12.2. The summed E-state index contributed by atoms with van der Waals surface area (Å²) in [6.45, 7) is 3.51. The molecule has 0 saturated carbocycles. The van der Waals surface area contributed by atoms with Gasteiger partial charge in [-0.3, -0.25) is 9.59 Å². The number of carbonyl (C=O) groups is 2. The summed E-state index contributed by atoms with van der Waals surface area (Å²) in [4.78, 5) is 27.5. The Bertz CT molecular complexity index is 672. The van der Waals surface area contributed by atoms with Gasteiger partial charge in [0.25, 0.3) is 0 Å². The van der Waals surface area contributed by atoms with Crippen LogP contribution in [0.1, 0.15) is 18.5 Å². The van der Waals surface area contributed by atoms with Crippen LogP contribution in [-0.4, -0.2) is 33.1 Å². The molecule has 7 nitrogen and oxygen atoms in total. The van der Waals surface area contributed by atoms with Crippen molar-refractivity contribution < 1.29 is 9.59 Å². The average Bonchev–Trinajstić information content (AvgIpc) is 3.02. The summed E-state index contributed by atoms with van der Waals surface area (Å²) in [5.41, 5.74) is 1.70. The van der Waals surface area contributed by atoms with E-state index in [0.29, 0.717) is 5.69 Å². The summed E-state index contributed by atoms with van der Waals surface area (Å²) in [5.74, 6) is -0.589. The number of nitrogens with zero attached hydrogens (tertiary/aromatic N) is 3. The van der Waals surface area contributed by atoms with Crippen LogP contribution in [0.25, 0.3) is 0 Å². The van der Waals surface area contributed by atoms with Crippen molar-refractivity contribution in [2.75, 3.05) is 11.9 Å². The quantitative estimate of drug-likeness (QED) is 0.843. The molecule has 1 aromatic heterocycles. The standard InChI is InChI=1S/C14H16BrN5O2/c1-9-5-11(3-4-12(9)15)19-13(21)6-17-14(22)10(2)20-8-16-7-18-20/h3-5,7-8,10H,6H2,1-2H3,(H,17,22)(H,19,21). The van der Waals surface area contributed by atoms with Crippen LogP contribution in [0.15, 0.2) is 35.3 Å². The van der Waals surface area contributed by atoms with Crippen molar-refractivity contribution in [3.8, 4) is 0 Å². The van der Waals surface area contributed by atoms with Crippen molar-refractivity contribution in [3.63, 3.8) is 0 Å². The number of aryl methyl sites for hydroxylation is 1. The lowest BCUT2D eigenvalue weighted by Gasteiger charge is -2.12. The predicted molar refractivity (Wildman–Crippen MR) is 85.3 cm³/mol. The van der Waals surface area contributed by atoms with Gasteiger partial charge in [-0.15, -0.1) is 0 Å². The lowest BCUT2D eigenvalue weighted by molar-refractivity contribution is -0.126. The predicted octanol–water partition coefficient (Wildman–Crippen LogP) is 1.66. The van der Waals surface area contributed by atoms with Crippen molar-refractivity contribution in [3.05, 3.63) is 40.9 Å². The van der Waals surface area contributed by atoms with Crippen LogP contribution in [0, 0.1) is 6.92 Å². The van der Waals surface area contributed by atoms with Gasteiger partial charge in [-0.2, -0.15) is 5.10 Å². The summed E-state index contributed by atoms with van der Waals surface area (Å²) < 4.78 is 2.39. The minimum absolute atomic E-state index is 0.104. The van der Waals surface area contributed by atoms with Crippen molar-refractivity contribution in [1.82, 2.24) is 20.1 Å². The van der Waals surface area contributed by atoms with Gasteiger partial charge >= 0.3 is 0 Å². The van der Waals surface area contributed by atoms with E-state index in [9.17, 15) is 9.59 Å². The lowest BCUT2D eigenvalue weighted by Crippen LogP contribution is -2.37. The molecule has 0 aliphatic carbocycles. The molecule has 2 rings (SSSR count). The number of hydrogen-bond donors (Lipinski definition) is 2. The molecule has 2 aromatic rings. The van der Waals surface area contributed by atoms with Crippen molar-refractivity contribution in [2.45, 2.75) is 19.9 Å². The first-order chi connectivity index (χ1) is 10.5. The van der Waals surface area contributed by atoms with Gasteiger partial charge in [0.1, 0.15) is 18.7 Å². The number of anilines is 1. The Morgan fingerprint density at radius 1 is 1.41 bits per heavy atom. The van der Waals surface area contributed by atoms with E-state index < -0.39 is 6.04 Å². The van der Waals surface area contributed by atoms with Gasteiger partial charge in [0.2, 0.25) is 11.8 Å². The largest absolute Gasteiger partial charge is 0.345 e. The maximum Gasteiger partial charge on any atom is 0.245 e. The van der Waals surface area contributed by atoms with Crippen LogP contribution in [0.4, 0.5) is 5.69 Å². The topological polar surface area (TPSA) is 88.9 Å². The Morgan fingerprint density at radius 2 is 2.18 bits per heavy atom. The third-order valence-electron chi connectivity index (χ3n) is 3.08. The average molecular weight is 366 g/mol. The van der Waals surface area contributed by atoms with Crippen molar-refractivity contribution >= 4 is 33.4 Å². The van der Waals surface area contributed by atoms with Crippen LogP contribution in [0.2, 0.25) is 0 Å². The van der Waals surface area contributed by atoms with Crippen LogP contribution >= 0.6 is 15.9 Å². The molecule has 2 N–H and O–H groups in total. The molecule has 22 heavy (non-hydrogen) atoms. The fourth-order valence-corrected chi connectivity index (χ4v) is 2.03. The van der Waals surface area contributed by atoms with Crippen LogP contribution < -0.4 is 10.6 Å². The minimum Gasteiger partial charge on any atom is -0.345 e. The SMILES string of the molecule is Cc1cc(NC(=O)CNC(=O)C(C)n2cncn2)ccc1Br. The number of aromatic nitrogens is 3. The molecule has 0 radical (unpaired) electrons. The van der Waals surface area contributed by atoms with E-state index in [1.165, 1.54) is 17.3 Å². The first kappa shape index (κ1) is 16.2. The highest BCUT2D eigenvalue weighted by atomic mass is 79.9. The second kappa shape index (κ2) is 7.17. The first-order valence-corrected chi connectivity index (χ1v) is 7.44. The zero-order chi connectivity index (χ0) is 16.1. The molecule has 0 aliphatic rings. The second-order valence-corrected chi connectivity index (χ2v) is 5.64. The van der Waals surface area contributed by atoms with Gasteiger partial charge in [0.05, 0.1) is 6.54 Å². The minimum atomic E-state index is -0.523. The fourth-order valence-electron chi connectivity index (χ4n) is 1.78. The van der Waals surface area contributed by atoms with Crippen LogP contribution in [0.3, 0.4) is 0 Å². The monoisotopic (exact) mass is 365 g/mol. The Labute approximate surface area is 136 Å². The lowest BCUT2D eigenvalue weighted by atomic mass is 10.2. The molecule has 1 atom stereocenters. The molecule has 0 bridgehead atoms. The molecular formula is C14H16BrN5O2. The summed E-state index contributed by atoms with van der Waals surface area (Å²) in [6, 6.07) is 4.97. The maximum absolute atomic E-state index is 11.9. The van der Waals surface area contributed by atoms with Gasteiger partial charge in [0.15, 0.2) is 0 Å². The fraction of sp³-hybridized carbons (Fsp3) is 0.286. The molecule has 0 aliphatic heterocycles. The number of nitrogens with one attached hydrogen (secondary N) is 2. The van der Waals surface area contributed by atoms with Gasteiger partial charge in [-0.05, 0) is 37.6 Å². The number of halogens is 1. The number of carbonyl (C=O) groups excluding carboxylic acids is 2. The summed E-state index contributed by atoms with van der Waals surface area (Å²) in [7, 11) is 0. The smallest absolute Gasteiger partial charge is 0.245 e. The Kier molecular flexibility index (Phi) is 5.26. The van der Waals surface area contributed by atoms with E-state index in [2.05, 4.69) is 36.6 Å². The van der Waals surface area contributed by atoms with Gasteiger partial charge in [0, 0.05) is 10.2 Å². The summed E-state index contributed by atoms with van der Waals surface area (Å²) in [5, 5.41) is 9.19. The van der Waals surface area contributed by atoms with E-state index in [1.807, 2.05) is 19.1 Å². The van der Waals surface area contributed by atoms with Gasteiger partial charge < -0.3 is 10.6 Å². The number of hydrogen-bond acceptors (Lipinski definition) is 4. The molecule has 8 heteroatoms. The second-order valence-electron chi connectivity index (χ2n) is 4.78. The van der Waals surface area contributed by atoms with Crippen LogP contribution in [-0.2, 0) is 9.59 Å². The Balaban J connectivity index is 1.84. The molecule has 2 amide bonds. The van der Waals surface area contributed by atoms with Crippen LogP contribution in [0.5, 0.6) is 0 Å². The Hall–Kier alpha value is -2.22. The number of amides is 2. The third kappa shape index (κ3) is 4.14. The van der Waals surface area contributed by atoms with Gasteiger partial charge in [-0.25, -0.2) is 9.67 Å². The molecule has 1 unspecified atom stereocenters. The summed E-state index contributed by atoms with van der Waals surface area (Å²) >= 11 is 3.40. The maximum atomic E-state index is 11.9. The van der Waals surface area contributed by atoms with Crippen molar-refractivity contribution in [1.29, 1.82) is 0 Å². The molecular weight excluding hydrogens is 350 g/mol. The highest BCUT2D eigenvalue weighted by Crippen LogP contribution is 2.19. The van der Waals surface area contributed by atoms with E-state index in [-0.39, 0.29) is 18.4 Å². The Morgan fingerprint density at radius 3 is 2.82 bits per heavy atom.